The molecule has 0 unspecified atom stereocenters. The van der Waals surface area contributed by atoms with Gasteiger partial charge in [-0.05, 0) is 18.8 Å². The summed E-state index contributed by atoms with van der Waals surface area (Å²) >= 11 is 0. The standard InChI is InChI=1S/C18H27N5O4/c1-13(2)12-23-17(26)22(8-9-27-3)16(25)18(23)4-6-21(7-5-18)15(24)14-10-19-20-11-14/h10-11,13H,4-9,12H2,1-3H3,(H,19,20). The van der Waals surface area contributed by atoms with Gasteiger partial charge in [0.25, 0.3) is 11.8 Å². The molecule has 9 heteroatoms. The molecule has 9 nitrogen and oxygen atoms in total. The minimum atomic E-state index is -0.859. The van der Waals surface area contributed by atoms with Gasteiger partial charge >= 0.3 is 6.03 Å². The molecule has 1 spiro atoms. The van der Waals surface area contributed by atoms with Crippen LogP contribution in [0.4, 0.5) is 4.79 Å². The maximum absolute atomic E-state index is 13.2. The first-order chi connectivity index (χ1) is 12.9. The SMILES string of the molecule is COCCN1C(=O)N(CC(C)C)C2(CCN(C(=O)c3cn[nH]c3)CC2)C1=O. The van der Waals surface area contributed by atoms with Gasteiger partial charge in [-0.25, -0.2) is 4.79 Å². The lowest BCUT2D eigenvalue weighted by atomic mass is 9.85. The quantitative estimate of drug-likeness (QED) is 0.744. The van der Waals surface area contributed by atoms with Crippen molar-refractivity contribution in [1.82, 2.24) is 24.9 Å². The number of likely N-dealkylation sites (tertiary alicyclic amines) is 1. The van der Waals surface area contributed by atoms with Gasteiger partial charge in [-0.15, -0.1) is 0 Å². The van der Waals surface area contributed by atoms with E-state index in [1.807, 2.05) is 13.8 Å². The molecule has 0 saturated carbocycles. The highest BCUT2D eigenvalue weighted by Crippen LogP contribution is 2.38. The Morgan fingerprint density at radius 1 is 1.33 bits per heavy atom. The lowest BCUT2D eigenvalue weighted by Crippen LogP contribution is -2.58. The van der Waals surface area contributed by atoms with E-state index in [-0.39, 0.29) is 30.3 Å². The van der Waals surface area contributed by atoms with Crippen molar-refractivity contribution in [2.45, 2.75) is 32.2 Å². The highest BCUT2D eigenvalue weighted by atomic mass is 16.5. The van der Waals surface area contributed by atoms with E-state index in [0.29, 0.717) is 44.6 Å². The maximum Gasteiger partial charge on any atom is 0.327 e. The Morgan fingerprint density at radius 2 is 2.04 bits per heavy atom. The van der Waals surface area contributed by atoms with Gasteiger partial charge in [-0.2, -0.15) is 5.10 Å². The Hall–Kier alpha value is -2.42. The van der Waals surface area contributed by atoms with Gasteiger partial charge in [0, 0.05) is 32.9 Å². The second-order valence-electron chi connectivity index (χ2n) is 7.55. The summed E-state index contributed by atoms with van der Waals surface area (Å²) in [6.45, 7) is 5.99. The van der Waals surface area contributed by atoms with Gasteiger partial charge in [0.05, 0.1) is 24.9 Å². The van der Waals surface area contributed by atoms with Crippen LogP contribution in [-0.2, 0) is 9.53 Å². The molecule has 1 N–H and O–H groups in total. The van der Waals surface area contributed by atoms with Gasteiger partial charge in [-0.3, -0.25) is 19.6 Å². The van der Waals surface area contributed by atoms with Crippen LogP contribution < -0.4 is 0 Å². The lowest BCUT2D eigenvalue weighted by molar-refractivity contribution is -0.135. The summed E-state index contributed by atoms with van der Waals surface area (Å²) in [6, 6.07) is -0.250. The second kappa shape index (κ2) is 7.67. The van der Waals surface area contributed by atoms with Crippen LogP contribution in [0.3, 0.4) is 0 Å². The molecule has 148 valence electrons. The zero-order valence-electron chi connectivity index (χ0n) is 16.1. The molecule has 0 aromatic carbocycles. The Balaban J connectivity index is 1.78. The van der Waals surface area contributed by atoms with Crippen molar-refractivity contribution in [3.05, 3.63) is 18.0 Å². The third kappa shape index (κ3) is 3.43. The molecule has 0 aliphatic carbocycles. The maximum atomic E-state index is 13.2. The van der Waals surface area contributed by atoms with Crippen molar-refractivity contribution in [2.24, 2.45) is 5.92 Å². The first-order valence-electron chi connectivity index (χ1n) is 9.31. The summed E-state index contributed by atoms with van der Waals surface area (Å²) < 4.78 is 5.06. The van der Waals surface area contributed by atoms with Crippen LogP contribution >= 0.6 is 0 Å². The number of carbonyl (C=O) groups excluding carboxylic acids is 3. The van der Waals surface area contributed by atoms with Gasteiger partial charge in [0.15, 0.2) is 0 Å². The van der Waals surface area contributed by atoms with Gasteiger partial charge in [-0.1, -0.05) is 13.8 Å². The van der Waals surface area contributed by atoms with Gasteiger partial charge in [0.1, 0.15) is 5.54 Å². The molecular weight excluding hydrogens is 350 g/mol. The average molecular weight is 377 g/mol. The van der Waals surface area contributed by atoms with Crippen molar-refractivity contribution in [3.63, 3.8) is 0 Å². The topological polar surface area (TPSA) is 98.8 Å². The number of carbonyl (C=O) groups is 3. The molecule has 0 radical (unpaired) electrons. The largest absolute Gasteiger partial charge is 0.383 e. The van der Waals surface area contributed by atoms with E-state index in [9.17, 15) is 14.4 Å². The van der Waals surface area contributed by atoms with E-state index in [4.69, 9.17) is 4.74 Å². The number of methoxy groups -OCH3 is 1. The zero-order chi connectivity index (χ0) is 19.6. The number of aromatic amines is 1. The van der Waals surface area contributed by atoms with Gasteiger partial charge < -0.3 is 14.5 Å². The van der Waals surface area contributed by atoms with E-state index in [1.54, 1.807) is 23.1 Å². The van der Waals surface area contributed by atoms with Crippen molar-refractivity contribution in [2.75, 3.05) is 39.9 Å². The van der Waals surface area contributed by atoms with Crippen LogP contribution in [0.2, 0.25) is 0 Å². The number of urea groups is 1. The van der Waals surface area contributed by atoms with Crippen LogP contribution in [0, 0.1) is 5.92 Å². The Bertz CT molecular complexity index is 695. The molecule has 27 heavy (non-hydrogen) atoms. The summed E-state index contributed by atoms with van der Waals surface area (Å²) in [6.07, 6.45) is 3.94. The summed E-state index contributed by atoms with van der Waals surface area (Å²) in [5, 5.41) is 6.46. The predicted octanol–water partition coefficient (Wildman–Crippen LogP) is 0.951. The first kappa shape index (κ1) is 19.3. The molecular formula is C18H27N5O4. The monoisotopic (exact) mass is 377 g/mol. The van der Waals surface area contributed by atoms with Crippen LogP contribution in [0.25, 0.3) is 0 Å². The van der Waals surface area contributed by atoms with E-state index < -0.39 is 5.54 Å². The van der Waals surface area contributed by atoms with E-state index in [1.165, 1.54) is 11.1 Å². The Labute approximate surface area is 158 Å². The molecule has 4 amide bonds. The molecule has 2 aliphatic heterocycles. The molecule has 0 atom stereocenters. The number of piperidine rings is 1. The molecule has 3 rings (SSSR count). The Kier molecular flexibility index (Phi) is 5.50. The fourth-order valence-corrected chi connectivity index (χ4v) is 3.89. The van der Waals surface area contributed by atoms with E-state index in [0.717, 1.165) is 0 Å². The first-order valence-corrected chi connectivity index (χ1v) is 9.31. The number of aromatic nitrogens is 2. The number of rotatable bonds is 6. The molecule has 2 aliphatic rings. The smallest absolute Gasteiger partial charge is 0.327 e. The van der Waals surface area contributed by atoms with E-state index in [2.05, 4.69) is 10.2 Å². The van der Waals surface area contributed by atoms with Crippen molar-refractivity contribution in [1.29, 1.82) is 0 Å². The van der Waals surface area contributed by atoms with Crippen molar-refractivity contribution < 1.29 is 19.1 Å². The summed E-state index contributed by atoms with van der Waals surface area (Å²) in [7, 11) is 1.55. The highest BCUT2D eigenvalue weighted by Gasteiger charge is 2.58. The van der Waals surface area contributed by atoms with Crippen LogP contribution in [0.1, 0.15) is 37.0 Å². The fourth-order valence-electron chi connectivity index (χ4n) is 3.89. The predicted molar refractivity (Wildman–Crippen MR) is 97.0 cm³/mol. The molecule has 2 saturated heterocycles. The molecule has 1 aromatic heterocycles. The minimum absolute atomic E-state index is 0.109. The fraction of sp³-hybridized carbons (Fsp3) is 0.667. The van der Waals surface area contributed by atoms with Gasteiger partial charge in [0.2, 0.25) is 0 Å². The number of nitrogens with one attached hydrogen (secondary N) is 1. The number of ether oxygens (including phenoxy) is 1. The number of hydrogen-bond acceptors (Lipinski definition) is 5. The van der Waals surface area contributed by atoms with Crippen LogP contribution in [0.15, 0.2) is 12.4 Å². The Morgan fingerprint density at radius 3 is 2.59 bits per heavy atom. The molecule has 3 heterocycles. The number of hydrogen-bond donors (Lipinski definition) is 1. The number of nitrogens with zero attached hydrogens (tertiary/aromatic N) is 4. The number of imide groups is 1. The molecule has 2 fully saturated rings. The summed E-state index contributed by atoms with van der Waals surface area (Å²) in [5.74, 6) is -0.0331. The van der Waals surface area contributed by atoms with E-state index >= 15 is 0 Å². The van der Waals surface area contributed by atoms with Crippen LogP contribution in [0.5, 0.6) is 0 Å². The molecule has 1 aromatic rings. The third-order valence-electron chi connectivity index (χ3n) is 5.31. The normalized spacial score (nSPS) is 19.6. The number of amides is 4. The number of H-pyrrole nitrogens is 1. The van der Waals surface area contributed by atoms with Crippen LogP contribution in [-0.4, -0.2) is 88.2 Å². The summed E-state index contributed by atoms with van der Waals surface area (Å²) in [5.41, 5.74) is -0.358. The summed E-state index contributed by atoms with van der Waals surface area (Å²) in [4.78, 5) is 43.4. The van der Waals surface area contributed by atoms with Crippen molar-refractivity contribution >= 4 is 17.8 Å². The third-order valence-corrected chi connectivity index (χ3v) is 5.31. The second-order valence-corrected chi connectivity index (χ2v) is 7.55. The lowest BCUT2D eigenvalue weighted by Gasteiger charge is -2.42. The van der Waals surface area contributed by atoms with Crippen molar-refractivity contribution in [3.8, 4) is 0 Å². The minimum Gasteiger partial charge on any atom is -0.383 e. The average Bonchev–Trinajstić information content (AvgIpc) is 3.25. The molecule has 0 bridgehead atoms. The zero-order valence-corrected chi connectivity index (χ0v) is 16.1. The highest BCUT2D eigenvalue weighted by molar-refractivity contribution is 6.07.